The maximum absolute atomic E-state index is 12.2. The summed E-state index contributed by atoms with van der Waals surface area (Å²) in [5.74, 6) is -1.47. The lowest BCUT2D eigenvalue weighted by atomic mass is 10.1. The number of rotatable bonds is 2. The molecule has 0 atom stereocenters. The van der Waals surface area contributed by atoms with E-state index in [0.717, 1.165) is 11.0 Å². The normalized spacial score (nSPS) is 15.6. The zero-order valence-corrected chi connectivity index (χ0v) is 10.7. The number of imide groups is 1. The van der Waals surface area contributed by atoms with Crippen molar-refractivity contribution in [3.8, 4) is 0 Å². The molecule has 1 aromatic rings. The van der Waals surface area contributed by atoms with E-state index in [2.05, 4.69) is 0 Å². The molecule has 1 aliphatic heterocycles. The topological polar surface area (TPSA) is 63.7 Å². The van der Waals surface area contributed by atoms with Crippen molar-refractivity contribution >= 4 is 29.0 Å². The molecule has 5 heteroatoms. The molecular formula is C14H13NO4. The van der Waals surface area contributed by atoms with Crippen LogP contribution in [-0.4, -0.2) is 24.4 Å². The number of carbonyl (C=O) groups excluding carboxylic acids is 3. The van der Waals surface area contributed by atoms with Gasteiger partial charge in [-0.3, -0.25) is 9.59 Å². The van der Waals surface area contributed by atoms with E-state index < -0.39 is 11.9 Å². The lowest BCUT2D eigenvalue weighted by molar-refractivity contribution is -0.137. The number of esters is 1. The Morgan fingerprint density at radius 3 is 2.63 bits per heavy atom. The monoisotopic (exact) mass is 259 g/mol. The van der Waals surface area contributed by atoms with Crippen LogP contribution in [0.4, 0.5) is 5.69 Å². The van der Waals surface area contributed by atoms with E-state index in [0.29, 0.717) is 11.3 Å². The number of amides is 2. The van der Waals surface area contributed by atoms with Gasteiger partial charge in [0.25, 0.3) is 5.91 Å². The zero-order valence-electron chi connectivity index (χ0n) is 10.7. The standard InChI is InChI=1S/C14H13NO4/c1-3-19-13(17)8-11-10-6-4-5-7-12(10)15(9(2)16)14(11)18/h4-8H,3H2,1-2H3/b11-8+. The van der Waals surface area contributed by atoms with Crippen molar-refractivity contribution < 1.29 is 19.1 Å². The summed E-state index contributed by atoms with van der Waals surface area (Å²) < 4.78 is 4.79. The molecule has 0 saturated heterocycles. The summed E-state index contributed by atoms with van der Waals surface area (Å²) in [5, 5.41) is 0. The van der Waals surface area contributed by atoms with Crippen LogP contribution >= 0.6 is 0 Å². The van der Waals surface area contributed by atoms with E-state index in [1.54, 1.807) is 31.2 Å². The molecule has 0 N–H and O–H groups in total. The first-order valence-electron chi connectivity index (χ1n) is 5.89. The molecule has 98 valence electrons. The van der Waals surface area contributed by atoms with Crippen LogP contribution in [0.3, 0.4) is 0 Å². The van der Waals surface area contributed by atoms with Gasteiger partial charge in [-0.25, -0.2) is 9.69 Å². The van der Waals surface area contributed by atoms with Crippen LogP contribution in [0, 0.1) is 0 Å². The van der Waals surface area contributed by atoms with E-state index in [1.807, 2.05) is 0 Å². The molecule has 0 spiro atoms. The number of anilines is 1. The number of carbonyl (C=O) groups is 3. The Hall–Kier alpha value is -2.43. The molecule has 1 aliphatic rings. The van der Waals surface area contributed by atoms with Crippen LogP contribution in [0.25, 0.3) is 5.57 Å². The van der Waals surface area contributed by atoms with E-state index >= 15 is 0 Å². The molecule has 0 radical (unpaired) electrons. The Kier molecular flexibility index (Phi) is 3.46. The Morgan fingerprint density at radius 2 is 2.00 bits per heavy atom. The fourth-order valence-electron chi connectivity index (χ4n) is 2.00. The SMILES string of the molecule is CCOC(=O)/C=C1/C(=O)N(C(C)=O)c2ccccc21. The van der Waals surface area contributed by atoms with Gasteiger partial charge in [-0.1, -0.05) is 18.2 Å². The van der Waals surface area contributed by atoms with Gasteiger partial charge in [0.2, 0.25) is 5.91 Å². The van der Waals surface area contributed by atoms with Gasteiger partial charge in [-0.15, -0.1) is 0 Å². The first-order chi connectivity index (χ1) is 9.06. The van der Waals surface area contributed by atoms with Crippen LogP contribution in [0.2, 0.25) is 0 Å². The van der Waals surface area contributed by atoms with Crippen molar-refractivity contribution in [1.82, 2.24) is 0 Å². The molecule has 1 aromatic carbocycles. The third kappa shape index (κ3) is 2.27. The van der Waals surface area contributed by atoms with Gasteiger partial charge >= 0.3 is 5.97 Å². The lowest BCUT2D eigenvalue weighted by Gasteiger charge is -2.11. The summed E-state index contributed by atoms with van der Waals surface area (Å²) in [6, 6.07) is 6.84. The minimum Gasteiger partial charge on any atom is -0.463 e. The van der Waals surface area contributed by atoms with Crippen LogP contribution in [0.5, 0.6) is 0 Å². The van der Waals surface area contributed by atoms with E-state index in [9.17, 15) is 14.4 Å². The number of nitrogens with zero attached hydrogens (tertiary/aromatic N) is 1. The summed E-state index contributed by atoms with van der Waals surface area (Å²) in [7, 11) is 0. The van der Waals surface area contributed by atoms with Gasteiger partial charge < -0.3 is 4.74 Å². The maximum Gasteiger partial charge on any atom is 0.331 e. The van der Waals surface area contributed by atoms with Crippen LogP contribution in [-0.2, 0) is 19.1 Å². The number of hydrogen-bond acceptors (Lipinski definition) is 4. The van der Waals surface area contributed by atoms with Crippen molar-refractivity contribution in [2.75, 3.05) is 11.5 Å². The summed E-state index contributed by atoms with van der Waals surface area (Å²) in [6.45, 7) is 3.22. The molecular weight excluding hydrogens is 246 g/mol. The molecule has 0 saturated carbocycles. The summed E-state index contributed by atoms with van der Waals surface area (Å²) in [6.07, 6.45) is 1.13. The Morgan fingerprint density at radius 1 is 1.32 bits per heavy atom. The number of ether oxygens (including phenoxy) is 1. The molecule has 19 heavy (non-hydrogen) atoms. The Bertz CT molecular complexity index is 589. The molecule has 0 bridgehead atoms. The summed E-state index contributed by atoms with van der Waals surface area (Å²) in [5.41, 5.74) is 1.25. The second kappa shape index (κ2) is 5.06. The van der Waals surface area contributed by atoms with Crippen molar-refractivity contribution in [2.45, 2.75) is 13.8 Å². The number of fused-ring (bicyclic) bond motifs is 1. The van der Waals surface area contributed by atoms with Crippen molar-refractivity contribution in [3.05, 3.63) is 35.9 Å². The van der Waals surface area contributed by atoms with Gasteiger partial charge in [-0.2, -0.15) is 0 Å². The first kappa shape index (κ1) is 13.0. The maximum atomic E-state index is 12.2. The molecule has 2 amide bonds. The molecule has 2 rings (SSSR count). The van der Waals surface area contributed by atoms with Gasteiger partial charge in [-0.05, 0) is 13.0 Å². The highest BCUT2D eigenvalue weighted by molar-refractivity contribution is 6.40. The quantitative estimate of drug-likeness (QED) is 0.596. The third-order valence-corrected chi connectivity index (χ3v) is 2.73. The van der Waals surface area contributed by atoms with E-state index in [4.69, 9.17) is 4.74 Å². The fraction of sp³-hybridized carbons (Fsp3) is 0.214. The smallest absolute Gasteiger partial charge is 0.331 e. The zero-order chi connectivity index (χ0) is 14.0. The van der Waals surface area contributed by atoms with Gasteiger partial charge in [0.05, 0.1) is 17.9 Å². The average Bonchev–Trinajstić information content (AvgIpc) is 2.63. The molecule has 0 fully saturated rings. The number of para-hydroxylation sites is 1. The van der Waals surface area contributed by atoms with E-state index in [-0.39, 0.29) is 18.1 Å². The second-order valence-corrected chi connectivity index (χ2v) is 3.99. The molecule has 0 aromatic heterocycles. The van der Waals surface area contributed by atoms with Crippen LogP contribution in [0.15, 0.2) is 30.3 Å². The number of hydrogen-bond donors (Lipinski definition) is 0. The van der Waals surface area contributed by atoms with Gasteiger partial charge in [0, 0.05) is 18.6 Å². The summed E-state index contributed by atoms with van der Waals surface area (Å²) >= 11 is 0. The predicted molar refractivity (Wildman–Crippen MR) is 69.2 cm³/mol. The van der Waals surface area contributed by atoms with E-state index in [1.165, 1.54) is 6.92 Å². The second-order valence-electron chi connectivity index (χ2n) is 3.99. The molecule has 0 unspecified atom stereocenters. The highest BCUT2D eigenvalue weighted by Gasteiger charge is 2.35. The Labute approximate surface area is 110 Å². The van der Waals surface area contributed by atoms with Crippen LogP contribution in [0.1, 0.15) is 19.4 Å². The minimum atomic E-state index is -0.592. The molecule has 1 heterocycles. The van der Waals surface area contributed by atoms with Crippen molar-refractivity contribution in [1.29, 1.82) is 0 Å². The third-order valence-electron chi connectivity index (χ3n) is 2.73. The molecule has 5 nitrogen and oxygen atoms in total. The fourth-order valence-corrected chi connectivity index (χ4v) is 2.00. The highest BCUT2D eigenvalue weighted by Crippen LogP contribution is 2.36. The van der Waals surface area contributed by atoms with Crippen molar-refractivity contribution in [3.63, 3.8) is 0 Å². The average molecular weight is 259 g/mol. The lowest BCUT2D eigenvalue weighted by Crippen LogP contribution is -2.31. The largest absolute Gasteiger partial charge is 0.463 e. The summed E-state index contributed by atoms with van der Waals surface area (Å²) in [4.78, 5) is 36.2. The van der Waals surface area contributed by atoms with Crippen molar-refractivity contribution in [2.24, 2.45) is 0 Å². The number of benzene rings is 1. The van der Waals surface area contributed by atoms with Gasteiger partial charge in [0.1, 0.15) is 0 Å². The van der Waals surface area contributed by atoms with Gasteiger partial charge in [0.15, 0.2) is 0 Å². The minimum absolute atomic E-state index is 0.184. The first-order valence-corrected chi connectivity index (χ1v) is 5.89. The predicted octanol–water partition coefficient (Wildman–Crippen LogP) is 1.53. The van der Waals surface area contributed by atoms with Crippen LogP contribution < -0.4 is 4.90 Å². The highest BCUT2D eigenvalue weighted by atomic mass is 16.5. The molecule has 0 aliphatic carbocycles. The Balaban J connectivity index is 2.50.